The molecule has 2 rings (SSSR count). The van der Waals surface area contributed by atoms with E-state index in [1.54, 1.807) is 7.11 Å². The number of benzene rings is 2. The van der Waals surface area contributed by atoms with E-state index in [0.29, 0.717) is 6.42 Å². The SMILES string of the molecule is COc1ccc(C)cc1CC(=O)Nc1cccc(C)c1C. The second-order valence-corrected chi connectivity index (χ2v) is 5.29. The van der Waals surface area contributed by atoms with Crippen LogP contribution in [0, 0.1) is 20.8 Å². The van der Waals surface area contributed by atoms with Crippen molar-refractivity contribution in [2.45, 2.75) is 27.2 Å². The average Bonchev–Trinajstić information content (AvgIpc) is 2.44. The molecule has 0 saturated heterocycles. The fraction of sp³-hybridized carbons (Fsp3) is 0.278. The van der Waals surface area contributed by atoms with E-state index in [4.69, 9.17) is 4.74 Å². The van der Waals surface area contributed by atoms with Crippen LogP contribution in [0.2, 0.25) is 0 Å². The molecule has 21 heavy (non-hydrogen) atoms. The monoisotopic (exact) mass is 283 g/mol. The first kappa shape index (κ1) is 15.1. The molecule has 2 aromatic carbocycles. The van der Waals surface area contributed by atoms with Gasteiger partial charge in [-0.2, -0.15) is 0 Å². The van der Waals surface area contributed by atoms with Gasteiger partial charge in [-0.25, -0.2) is 0 Å². The number of aryl methyl sites for hydroxylation is 2. The lowest BCUT2D eigenvalue weighted by Crippen LogP contribution is -2.16. The van der Waals surface area contributed by atoms with Gasteiger partial charge in [-0.1, -0.05) is 29.8 Å². The number of rotatable bonds is 4. The maximum absolute atomic E-state index is 12.3. The Morgan fingerprint density at radius 2 is 1.90 bits per heavy atom. The van der Waals surface area contributed by atoms with Crippen molar-refractivity contribution < 1.29 is 9.53 Å². The Morgan fingerprint density at radius 3 is 2.62 bits per heavy atom. The highest BCUT2D eigenvalue weighted by Crippen LogP contribution is 2.22. The molecule has 0 aromatic heterocycles. The van der Waals surface area contributed by atoms with Crippen molar-refractivity contribution in [1.82, 2.24) is 0 Å². The minimum atomic E-state index is -0.0346. The van der Waals surface area contributed by atoms with Gasteiger partial charge in [0.15, 0.2) is 0 Å². The molecule has 0 aliphatic carbocycles. The van der Waals surface area contributed by atoms with Crippen LogP contribution in [0.1, 0.15) is 22.3 Å². The number of methoxy groups -OCH3 is 1. The number of ether oxygens (including phenoxy) is 1. The van der Waals surface area contributed by atoms with Crippen LogP contribution < -0.4 is 10.1 Å². The molecule has 3 heteroatoms. The summed E-state index contributed by atoms with van der Waals surface area (Å²) in [6, 6.07) is 11.8. The molecular weight excluding hydrogens is 262 g/mol. The number of amides is 1. The summed E-state index contributed by atoms with van der Waals surface area (Å²) in [7, 11) is 1.62. The Hall–Kier alpha value is -2.29. The maximum atomic E-state index is 12.3. The minimum absolute atomic E-state index is 0.0346. The third kappa shape index (κ3) is 3.63. The van der Waals surface area contributed by atoms with Crippen LogP contribution in [0.15, 0.2) is 36.4 Å². The fourth-order valence-electron chi connectivity index (χ4n) is 2.30. The quantitative estimate of drug-likeness (QED) is 0.926. The van der Waals surface area contributed by atoms with Crippen LogP contribution in [-0.4, -0.2) is 13.0 Å². The first-order valence-corrected chi connectivity index (χ1v) is 7.01. The molecule has 0 radical (unpaired) electrons. The van der Waals surface area contributed by atoms with Gasteiger partial charge >= 0.3 is 0 Å². The van der Waals surface area contributed by atoms with Crippen molar-refractivity contribution >= 4 is 11.6 Å². The summed E-state index contributed by atoms with van der Waals surface area (Å²) in [5.74, 6) is 0.712. The second kappa shape index (κ2) is 6.44. The van der Waals surface area contributed by atoms with Gasteiger partial charge < -0.3 is 10.1 Å². The molecule has 0 fully saturated rings. The largest absolute Gasteiger partial charge is 0.496 e. The van der Waals surface area contributed by atoms with Gasteiger partial charge in [-0.15, -0.1) is 0 Å². The van der Waals surface area contributed by atoms with Crippen molar-refractivity contribution in [2.24, 2.45) is 0 Å². The van der Waals surface area contributed by atoms with Crippen LogP contribution in [0.4, 0.5) is 5.69 Å². The van der Waals surface area contributed by atoms with Crippen molar-refractivity contribution in [3.8, 4) is 5.75 Å². The van der Waals surface area contributed by atoms with E-state index in [1.807, 2.05) is 57.2 Å². The van der Waals surface area contributed by atoms with Gasteiger partial charge in [-0.05, 0) is 44.0 Å². The molecule has 0 aliphatic heterocycles. The molecule has 0 saturated carbocycles. The summed E-state index contributed by atoms with van der Waals surface area (Å²) in [5.41, 5.74) is 5.15. The number of carbonyl (C=O) groups excluding carboxylic acids is 1. The molecule has 0 atom stereocenters. The van der Waals surface area contributed by atoms with E-state index in [2.05, 4.69) is 5.32 Å². The predicted molar refractivity (Wildman–Crippen MR) is 86.0 cm³/mol. The Labute approximate surface area is 126 Å². The summed E-state index contributed by atoms with van der Waals surface area (Å²) >= 11 is 0. The predicted octanol–water partition coefficient (Wildman–Crippen LogP) is 3.80. The summed E-state index contributed by atoms with van der Waals surface area (Å²) in [4.78, 5) is 12.3. The molecule has 3 nitrogen and oxygen atoms in total. The maximum Gasteiger partial charge on any atom is 0.228 e. The highest BCUT2D eigenvalue weighted by Gasteiger charge is 2.10. The summed E-state index contributed by atoms with van der Waals surface area (Å²) in [5, 5.41) is 2.98. The van der Waals surface area contributed by atoms with Crippen LogP contribution in [0.25, 0.3) is 0 Å². The lowest BCUT2D eigenvalue weighted by Gasteiger charge is -2.12. The van der Waals surface area contributed by atoms with Crippen molar-refractivity contribution in [1.29, 1.82) is 0 Å². The molecule has 0 unspecified atom stereocenters. The molecule has 1 amide bonds. The third-order valence-corrected chi connectivity index (χ3v) is 3.67. The zero-order chi connectivity index (χ0) is 15.4. The van der Waals surface area contributed by atoms with Crippen molar-refractivity contribution in [3.63, 3.8) is 0 Å². The highest BCUT2D eigenvalue weighted by molar-refractivity contribution is 5.93. The van der Waals surface area contributed by atoms with Crippen LogP contribution >= 0.6 is 0 Å². The standard InChI is InChI=1S/C18H21NO2/c1-12-8-9-17(21-4)15(10-12)11-18(20)19-16-7-5-6-13(2)14(16)3/h5-10H,11H2,1-4H3,(H,19,20). The average molecular weight is 283 g/mol. The summed E-state index contributed by atoms with van der Waals surface area (Å²) < 4.78 is 5.31. The summed E-state index contributed by atoms with van der Waals surface area (Å²) in [6.07, 6.45) is 0.304. The lowest BCUT2D eigenvalue weighted by atomic mass is 10.1. The third-order valence-electron chi connectivity index (χ3n) is 3.67. The Kier molecular flexibility index (Phi) is 4.63. The fourth-order valence-corrected chi connectivity index (χ4v) is 2.30. The molecule has 0 spiro atoms. The van der Waals surface area contributed by atoms with Crippen LogP contribution in [0.5, 0.6) is 5.75 Å². The molecule has 1 N–H and O–H groups in total. The lowest BCUT2D eigenvalue weighted by molar-refractivity contribution is -0.115. The first-order chi connectivity index (χ1) is 10.0. The minimum Gasteiger partial charge on any atom is -0.496 e. The zero-order valence-corrected chi connectivity index (χ0v) is 13.0. The van der Waals surface area contributed by atoms with Gasteiger partial charge in [0, 0.05) is 11.3 Å². The van der Waals surface area contributed by atoms with E-state index < -0.39 is 0 Å². The van der Waals surface area contributed by atoms with Crippen molar-refractivity contribution in [3.05, 3.63) is 58.7 Å². The topological polar surface area (TPSA) is 38.3 Å². The van der Waals surface area contributed by atoms with Crippen LogP contribution in [-0.2, 0) is 11.2 Å². The molecule has 0 bridgehead atoms. The number of hydrogen-bond acceptors (Lipinski definition) is 2. The van der Waals surface area contributed by atoms with Gasteiger partial charge in [0.25, 0.3) is 0 Å². The van der Waals surface area contributed by atoms with Gasteiger partial charge in [0.1, 0.15) is 5.75 Å². The first-order valence-electron chi connectivity index (χ1n) is 7.01. The van der Waals surface area contributed by atoms with E-state index in [1.165, 1.54) is 5.56 Å². The number of carbonyl (C=O) groups is 1. The van der Waals surface area contributed by atoms with Crippen molar-refractivity contribution in [2.75, 3.05) is 12.4 Å². The molecule has 0 aliphatic rings. The van der Waals surface area contributed by atoms with Gasteiger partial charge in [-0.3, -0.25) is 4.79 Å². The highest BCUT2D eigenvalue weighted by atomic mass is 16.5. The van der Waals surface area contributed by atoms with Gasteiger partial charge in [0.05, 0.1) is 13.5 Å². The van der Waals surface area contributed by atoms with E-state index in [9.17, 15) is 4.79 Å². The number of nitrogens with one attached hydrogen (secondary N) is 1. The smallest absolute Gasteiger partial charge is 0.228 e. The Bertz CT molecular complexity index is 662. The normalized spacial score (nSPS) is 10.3. The second-order valence-electron chi connectivity index (χ2n) is 5.29. The van der Waals surface area contributed by atoms with E-state index >= 15 is 0 Å². The molecule has 2 aromatic rings. The Morgan fingerprint density at radius 1 is 1.14 bits per heavy atom. The van der Waals surface area contributed by atoms with Gasteiger partial charge in [0.2, 0.25) is 5.91 Å². The summed E-state index contributed by atoms with van der Waals surface area (Å²) in [6.45, 7) is 6.05. The van der Waals surface area contributed by atoms with E-state index in [0.717, 1.165) is 28.1 Å². The van der Waals surface area contributed by atoms with E-state index in [-0.39, 0.29) is 5.91 Å². The number of anilines is 1. The molecular formula is C18H21NO2. The molecule has 0 heterocycles. The zero-order valence-electron chi connectivity index (χ0n) is 13.0. The number of hydrogen-bond donors (Lipinski definition) is 1. The Balaban J connectivity index is 2.15. The molecule has 110 valence electrons. The van der Waals surface area contributed by atoms with Crippen LogP contribution in [0.3, 0.4) is 0 Å².